The first-order chi connectivity index (χ1) is 8.72. The van der Waals surface area contributed by atoms with Gasteiger partial charge in [-0.2, -0.15) is 0 Å². The molecule has 0 bridgehead atoms. The van der Waals surface area contributed by atoms with Gasteiger partial charge in [-0.15, -0.1) is 0 Å². The predicted molar refractivity (Wildman–Crippen MR) is 73.3 cm³/mol. The zero-order valence-corrected chi connectivity index (χ0v) is 13.7. The van der Waals surface area contributed by atoms with E-state index in [9.17, 15) is 0 Å². The second-order valence-electron chi connectivity index (χ2n) is 3.58. The molecule has 0 aromatic heterocycles. The van der Waals surface area contributed by atoms with Crippen molar-refractivity contribution in [3.8, 4) is 5.75 Å². The first kappa shape index (κ1) is 15.5. The molecule has 0 amide bonds. The first-order valence-corrected chi connectivity index (χ1v) is 9.90. The molecule has 0 atom stereocenters. The Labute approximate surface area is 113 Å². The van der Waals surface area contributed by atoms with E-state index in [1.807, 2.05) is 45.0 Å². The fraction of sp³-hybridized carbons (Fsp3) is 0.538. The van der Waals surface area contributed by atoms with Gasteiger partial charge in [0, 0.05) is 0 Å². The van der Waals surface area contributed by atoms with Crippen LogP contribution in [0.3, 0.4) is 0 Å². The third-order valence-electron chi connectivity index (χ3n) is 2.45. The van der Waals surface area contributed by atoms with Gasteiger partial charge in [0.2, 0.25) is 0 Å². The number of benzene rings is 1. The quantitative estimate of drug-likeness (QED) is 0.687. The molecule has 1 aromatic rings. The van der Waals surface area contributed by atoms with E-state index in [-0.39, 0.29) is 0 Å². The van der Waals surface area contributed by atoms with Crippen LogP contribution >= 0.6 is 0 Å². The summed E-state index contributed by atoms with van der Waals surface area (Å²) >= 11 is -3.34. The second-order valence-corrected chi connectivity index (χ2v) is 8.95. The van der Waals surface area contributed by atoms with Gasteiger partial charge in [-0.3, -0.25) is 0 Å². The van der Waals surface area contributed by atoms with Crippen molar-refractivity contribution in [3.05, 3.63) is 24.3 Å². The molecule has 0 spiro atoms. The van der Waals surface area contributed by atoms with Crippen molar-refractivity contribution >= 4 is 18.7 Å². The first-order valence-electron chi connectivity index (χ1n) is 6.28. The van der Waals surface area contributed by atoms with Crippen LogP contribution in [-0.2, 0) is 11.3 Å². The van der Waals surface area contributed by atoms with Crippen molar-refractivity contribution in [1.29, 1.82) is 0 Å². The molecule has 0 radical (unpaired) electrons. The Hall–Kier alpha value is -0.557. The fourth-order valence-corrected chi connectivity index (χ4v) is 6.91. The van der Waals surface area contributed by atoms with Crippen LogP contribution in [0.25, 0.3) is 0 Å². The van der Waals surface area contributed by atoms with E-state index >= 15 is 0 Å². The third-order valence-corrected chi connectivity index (χ3v) is 8.84. The molecule has 0 fully saturated rings. The van der Waals surface area contributed by atoms with Crippen molar-refractivity contribution < 1.29 is 16.0 Å². The summed E-state index contributed by atoms with van der Waals surface area (Å²) in [4.78, 5) is 0. The van der Waals surface area contributed by atoms with E-state index in [2.05, 4.69) is 0 Å². The molecule has 18 heavy (non-hydrogen) atoms. The summed E-state index contributed by atoms with van der Waals surface area (Å²) in [6.45, 7) is 7.65. The summed E-state index contributed by atoms with van der Waals surface area (Å²) in [5.41, 5.74) is 0. The van der Waals surface area contributed by atoms with Gasteiger partial charge in [0.25, 0.3) is 0 Å². The van der Waals surface area contributed by atoms with Gasteiger partial charge in [-0.05, 0) is 0 Å². The number of methoxy groups -OCH3 is 1. The third kappa shape index (κ3) is 3.72. The van der Waals surface area contributed by atoms with Gasteiger partial charge in [-0.1, -0.05) is 0 Å². The van der Waals surface area contributed by atoms with Crippen LogP contribution in [0.15, 0.2) is 24.3 Å². The van der Waals surface area contributed by atoms with Crippen LogP contribution in [-0.4, -0.2) is 41.2 Å². The molecule has 0 aliphatic rings. The van der Waals surface area contributed by atoms with Crippen LogP contribution < -0.4 is 9.13 Å². The van der Waals surface area contributed by atoms with Crippen LogP contribution in [0.4, 0.5) is 0 Å². The van der Waals surface area contributed by atoms with Gasteiger partial charge in [0.1, 0.15) is 0 Å². The maximum atomic E-state index is 5.87. The summed E-state index contributed by atoms with van der Waals surface area (Å²) in [6, 6.07) is 7.76. The summed E-state index contributed by atoms with van der Waals surface area (Å²) in [6.07, 6.45) is 0. The van der Waals surface area contributed by atoms with Crippen LogP contribution in [0, 0.1) is 0 Å². The minimum absolute atomic E-state index is 0.589. The Morgan fingerprint density at radius 3 is 1.61 bits per heavy atom. The van der Waals surface area contributed by atoms with Crippen LogP contribution in [0.1, 0.15) is 20.8 Å². The molecule has 0 aliphatic carbocycles. The van der Waals surface area contributed by atoms with E-state index < -0.39 is 14.3 Å². The molecule has 5 heteroatoms. The standard InChI is InChI=1S/C13H22GeO4/c1-5-16-14(17-6-2,18-7-3)12-8-10-13(15-4)11-9-12/h8-11H,5-7H2,1-4H3. The van der Waals surface area contributed by atoms with Crippen molar-refractivity contribution in [3.63, 3.8) is 0 Å². The van der Waals surface area contributed by atoms with Gasteiger partial charge in [0.15, 0.2) is 0 Å². The number of ether oxygens (including phenoxy) is 1. The SMILES string of the molecule is CC[O][Ge]([O]CC)([O]CC)[c]1ccc(OC)cc1. The van der Waals surface area contributed by atoms with Crippen molar-refractivity contribution in [2.75, 3.05) is 26.9 Å². The fourth-order valence-electron chi connectivity index (χ4n) is 1.74. The van der Waals surface area contributed by atoms with Crippen molar-refractivity contribution in [2.45, 2.75) is 20.8 Å². The topological polar surface area (TPSA) is 36.9 Å². The van der Waals surface area contributed by atoms with E-state index in [1.165, 1.54) is 0 Å². The molecule has 1 rings (SSSR count). The zero-order chi connectivity index (χ0) is 13.4. The Morgan fingerprint density at radius 1 is 0.833 bits per heavy atom. The Balaban J connectivity index is 3.04. The van der Waals surface area contributed by atoms with E-state index in [0.717, 1.165) is 10.1 Å². The predicted octanol–water partition coefficient (Wildman–Crippen LogP) is 1.95. The molecular formula is C13H22GeO4. The number of rotatable bonds is 8. The normalized spacial score (nSPS) is 11.6. The zero-order valence-electron chi connectivity index (χ0n) is 11.6. The van der Waals surface area contributed by atoms with Gasteiger partial charge < -0.3 is 0 Å². The molecule has 102 valence electrons. The Morgan fingerprint density at radius 2 is 1.28 bits per heavy atom. The van der Waals surface area contributed by atoms with Crippen molar-refractivity contribution in [2.24, 2.45) is 0 Å². The van der Waals surface area contributed by atoms with Crippen LogP contribution in [0.2, 0.25) is 0 Å². The molecule has 0 heterocycles. The number of hydrogen-bond donors (Lipinski definition) is 0. The molecule has 1 aromatic carbocycles. The van der Waals surface area contributed by atoms with Gasteiger partial charge in [-0.25, -0.2) is 0 Å². The molecule has 0 N–H and O–H groups in total. The van der Waals surface area contributed by atoms with Gasteiger partial charge >= 0.3 is 112 Å². The second kappa shape index (κ2) is 7.79. The summed E-state index contributed by atoms with van der Waals surface area (Å²) < 4.78 is 23.8. The minimum atomic E-state index is -3.34. The monoisotopic (exact) mass is 316 g/mol. The molecule has 0 saturated carbocycles. The molecular weight excluding hydrogens is 293 g/mol. The van der Waals surface area contributed by atoms with Crippen LogP contribution in [0.5, 0.6) is 5.75 Å². The maximum absolute atomic E-state index is 5.87. The van der Waals surface area contributed by atoms with Gasteiger partial charge in [0.05, 0.1) is 0 Å². The summed E-state index contributed by atoms with van der Waals surface area (Å²) in [5.74, 6) is 0.819. The van der Waals surface area contributed by atoms with E-state index in [1.54, 1.807) is 7.11 Å². The average molecular weight is 315 g/mol. The van der Waals surface area contributed by atoms with Crippen molar-refractivity contribution in [1.82, 2.24) is 0 Å². The van der Waals surface area contributed by atoms with E-state index in [4.69, 9.17) is 16.0 Å². The van der Waals surface area contributed by atoms with E-state index in [0.29, 0.717) is 19.8 Å². The Bertz CT molecular complexity index is 322. The number of hydrogen-bond acceptors (Lipinski definition) is 4. The summed E-state index contributed by atoms with van der Waals surface area (Å²) in [5, 5.41) is 0. The molecule has 4 nitrogen and oxygen atoms in total. The summed E-state index contributed by atoms with van der Waals surface area (Å²) in [7, 11) is 1.65. The molecule has 0 saturated heterocycles. The molecule has 0 aliphatic heterocycles. The Kier molecular flexibility index (Phi) is 6.70. The average Bonchev–Trinajstić information content (AvgIpc) is 2.39. The molecule has 0 unspecified atom stereocenters.